The van der Waals surface area contributed by atoms with E-state index in [1.165, 1.54) is 6.07 Å². The summed E-state index contributed by atoms with van der Waals surface area (Å²) in [5, 5.41) is 17.8. The molecule has 0 radical (unpaired) electrons. The first-order valence-electron chi connectivity index (χ1n) is 12.1. The molecular weight excluding hydrogens is 450 g/mol. The molecule has 0 fully saturated rings. The second kappa shape index (κ2) is 13.7. The van der Waals surface area contributed by atoms with Gasteiger partial charge in [-0.25, -0.2) is 0 Å². The van der Waals surface area contributed by atoms with Crippen molar-refractivity contribution < 1.29 is 14.3 Å². The molecule has 0 spiro atoms. The number of benzene rings is 1. The number of ketones is 1. The Morgan fingerprint density at radius 2 is 2.11 bits per heavy atom. The van der Waals surface area contributed by atoms with Gasteiger partial charge in [0.1, 0.15) is 0 Å². The molecule has 2 heterocycles. The number of carbonyl (C=O) groups excluding carboxylic acids is 1. The van der Waals surface area contributed by atoms with Crippen LogP contribution in [0.2, 0.25) is 0 Å². The molecule has 2 aromatic rings. The quantitative estimate of drug-likeness (QED) is 0.0840. The maximum absolute atomic E-state index is 13.6. The van der Waals surface area contributed by atoms with E-state index >= 15 is 0 Å². The van der Waals surface area contributed by atoms with Gasteiger partial charge in [-0.05, 0) is 69.4 Å². The van der Waals surface area contributed by atoms with E-state index in [2.05, 4.69) is 28.9 Å². The van der Waals surface area contributed by atoms with Crippen molar-refractivity contribution in [3.05, 3.63) is 94.6 Å². The monoisotopic (exact) mass is 481 g/mol. The van der Waals surface area contributed by atoms with Gasteiger partial charge in [0.2, 0.25) is 11.5 Å². The molecule has 1 N–H and O–H groups in total. The minimum atomic E-state index is -0.456. The third-order valence-electron chi connectivity index (χ3n) is 5.69. The fourth-order valence-corrected chi connectivity index (χ4v) is 3.85. The number of pyridine rings is 1. The second-order valence-corrected chi connectivity index (χ2v) is 8.34. The van der Waals surface area contributed by atoms with Crippen molar-refractivity contribution in [1.29, 1.82) is 10.7 Å². The van der Waals surface area contributed by atoms with Crippen LogP contribution in [0.4, 0.5) is 0 Å². The molecule has 0 saturated heterocycles. The number of allylic oxidation sites excluding steroid dienone is 3. The summed E-state index contributed by atoms with van der Waals surface area (Å²) < 4.78 is 11.2. The van der Waals surface area contributed by atoms with Gasteiger partial charge in [-0.15, -0.1) is 0 Å². The Balaban J connectivity index is 1.87. The highest BCUT2D eigenvalue weighted by Crippen LogP contribution is 2.27. The fraction of sp³-hybridized carbons (Fsp3) is 0.300. The van der Waals surface area contributed by atoms with Gasteiger partial charge >= 0.3 is 0 Å². The van der Waals surface area contributed by atoms with Crippen LogP contribution >= 0.6 is 0 Å². The van der Waals surface area contributed by atoms with Crippen LogP contribution in [0.15, 0.2) is 77.9 Å². The summed E-state index contributed by atoms with van der Waals surface area (Å²) >= 11 is 0. The molecular formula is C30H31N3O3. The Morgan fingerprint density at radius 3 is 2.83 bits per heavy atom. The number of ether oxygens (including phenoxy) is 2. The molecule has 1 aromatic carbocycles. The summed E-state index contributed by atoms with van der Waals surface area (Å²) in [4.78, 5) is 18.2. The summed E-state index contributed by atoms with van der Waals surface area (Å²) in [6.45, 7) is 5.01. The van der Waals surface area contributed by atoms with Gasteiger partial charge in [0.15, 0.2) is 5.90 Å². The largest absolute Gasteiger partial charge is 0.431 e. The molecule has 1 aliphatic rings. The molecule has 3 rings (SSSR count). The lowest BCUT2D eigenvalue weighted by Crippen LogP contribution is -2.13. The van der Waals surface area contributed by atoms with Crippen molar-refractivity contribution in [2.75, 3.05) is 13.2 Å². The van der Waals surface area contributed by atoms with E-state index in [0.29, 0.717) is 36.5 Å². The van der Waals surface area contributed by atoms with Crippen molar-refractivity contribution in [2.24, 2.45) is 0 Å². The van der Waals surface area contributed by atoms with Crippen molar-refractivity contribution in [2.45, 2.75) is 46.0 Å². The van der Waals surface area contributed by atoms with Crippen LogP contribution in [0.3, 0.4) is 0 Å². The van der Waals surface area contributed by atoms with Gasteiger partial charge in [0.25, 0.3) is 0 Å². The minimum absolute atomic E-state index is 0.0394. The van der Waals surface area contributed by atoms with Crippen molar-refractivity contribution in [3.63, 3.8) is 0 Å². The van der Waals surface area contributed by atoms with Crippen molar-refractivity contribution in [1.82, 2.24) is 4.98 Å². The Bertz CT molecular complexity index is 1260. The van der Waals surface area contributed by atoms with Crippen LogP contribution in [0, 0.1) is 16.7 Å². The number of rotatable bonds is 9. The first kappa shape index (κ1) is 26.6. The standard InChI is InChI=1S/C30H31N3O3/c1-3-5-6-9-23-12-14-27(33-21-23)25-13-11-24(20-31)18-26(25)30(34)28(8-4-2)36-29(32)19-22-10-7-16-35-17-15-22/h3-5,10-14,18,21,32H,6-7,9,15-17,19H2,1-2H3/b5-3+,32-29?. The van der Waals surface area contributed by atoms with Gasteiger partial charge in [-0.2, -0.15) is 5.26 Å². The maximum Gasteiger partial charge on any atom is 0.237 e. The molecule has 0 amide bonds. The highest BCUT2D eigenvalue weighted by molar-refractivity contribution is 6.12. The minimum Gasteiger partial charge on any atom is -0.431 e. The molecule has 6 heteroatoms. The summed E-state index contributed by atoms with van der Waals surface area (Å²) in [6.07, 6.45) is 13.2. The number of hydrogen-bond donors (Lipinski definition) is 1. The van der Waals surface area contributed by atoms with E-state index in [4.69, 9.17) is 14.9 Å². The molecule has 0 unspecified atom stereocenters. The summed E-state index contributed by atoms with van der Waals surface area (Å²) in [5.41, 5.74) is 6.83. The average Bonchev–Trinajstić information content (AvgIpc) is 3.17. The zero-order valence-electron chi connectivity index (χ0n) is 20.8. The molecule has 1 aliphatic heterocycles. The number of nitrogens with zero attached hydrogens (tertiary/aromatic N) is 2. The molecule has 36 heavy (non-hydrogen) atoms. The van der Waals surface area contributed by atoms with Crippen LogP contribution in [0.25, 0.3) is 11.3 Å². The van der Waals surface area contributed by atoms with E-state index in [-0.39, 0.29) is 17.2 Å². The lowest BCUT2D eigenvalue weighted by atomic mass is 9.96. The lowest BCUT2D eigenvalue weighted by molar-refractivity contribution is 0.0981. The topological polar surface area (TPSA) is 96.1 Å². The number of nitrogens with one attached hydrogen (secondary N) is 1. The third-order valence-corrected chi connectivity index (χ3v) is 5.69. The Labute approximate surface area is 212 Å². The average molecular weight is 482 g/mol. The summed E-state index contributed by atoms with van der Waals surface area (Å²) in [5.74, 6) is -0.586. The highest BCUT2D eigenvalue weighted by atomic mass is 16.5. The van der Waals surface area contributed by atoms with Crippen LogP contribution < -0.4 is 0 Å². The van der Waals surface area contributed by atoms with Gasteiger partial charge in [0, 0.05) is 23.7 Å². The zero-order chi connectivity index (χ0) is 25.8. The van der Waals surface area contributed by atoms with Crippen molar-refractivity contribution in [3.8, 4) is 17.3 Å². The van der Waals surface area contributed by atoms with Gasteiger partial charge in [0.05, 0.1) is 30.5 Å². The predicted octanol–water partition coefficient (Wildman–Crippen LogP) is 6.49. The third kappa shape index (κ3) is 7.48. The molecule has 0 saturated carbocycles. The molecule has 0 bridgehead atoms. The van der Waals surface area contributed by atoms with Gasteiger partial charge < -0.3 is 9.47 Å². The first-order valence-corrected chi connectivity index (χ1v) is 12.1. The van der Waals surface area contributed by atoms with Gasteiger partial charge in [-0.3, -0.25) is 15.2 Å². The fourth-order valence-electron chi connectivity index (χ4n) is 3.85. The zero-order valence-corrected chi connectivity index (χ0v) is 20.8. The molecule has 6 nitrogen and oxygen atoms in total. The van der Waals surface area contributed by atoms with Crippen LogP contribution in [0.1, 0.15) is 61.0 Å². The Hall–Kier alpha value is -4.04. The van der Waals surface area contributed by atoms with E-state index < -0.39 is 5.78 Å². The SMILES string of the molecule is CC=C=C(OC(=N)CC1=CCCOCC1)C(=O)c1cc(C#N)ccc1-c1ccc(CC/C=C/C)cn1. The Kier molecular flexibility index (Phi) is 10.1. The number of aryl methyl sites for hydroxylation is 1. The number of carbonyl (C=O) groups is 1. The molecule has 1 aromatic heterocycles. The van der Waals surface area contributed by atoms with E-state index in [9.17, 15) is 10.1 Å². The molecule has 0 aliphatic carbocycles. The number of hydrogen-bond acceptors (Lipinski definition) is 6. The number of aromatic nitrogens is 1. The number of Topliss-reactive ketones (excluding diaryl/α,β-unsaturated/α-hetero) is 1. The maximum atomic E-state index is 13.6. The second-order valence-electron chi connectivity index (χ2n) is 8.34. The lowest BCUT2D eigenvalue weighted by Gasteiger charge is -2.13. The smallest absolute Gasteiger partial charge is 0.237 e. The molecule has 0 atom stereocenters. The van der Waals surface area contributed by atoms with E-state index in [0.717, 1.165) is 36.8 Å². The van der Waals surface area contributed by atoms with Crippen LogP contribution in [-0.2, 0) is 15.9 Å². The van der Waals surface area contributed by atoms with Crippen molar-refractivity contribution >= 4 is 11.7 Å². The normalized spacial score (nSPS) is 13.2. The van der Waals surface area contributed by atoms with E-state index in [1.807, 2.05) is 31.3 Å². The van der Waals surface area contributed by atoms with Crippen LogP contribution in [-0.4, -0.2) is 29.9 Å². The Morgan fingerprint density at radius 1 is 1.25 bits per heavy atom. The van der Waals surface area contributed by atoms with Gasteiger partial charge in [-0.1, -0.05) is 41.7 Å². The van der Waals surface area contributed by atoms with E-state index in [1.54, 1.807) is 25.1 Å². The predicted molar refractivity (Wildman–Crippen MR) is 141 cm³/mol. The summed E-state index contributed by atoms with van der Waals surface area (Å²) in [7, 11) is 0. The molecule has 184 valence electrons. The van der Waals surface area contributed by atoms with Crippen LogP contribution in [0.5, 0.6) is 0 Å². The highest BCUT2D eigenvalue weighted by Gasteiger charge is 2.22. The number of nitriles is 1. The first-order chi connectivity index (χ1) is 17.5. The summed E-state index contributed by atoms with van der Waals surface area (Å²) in [6, 6.07) is 10.9.